The molecule has 19 heterocycles. The number of aromatic nitrogens is 14. The second-order valence-electron chi connectivity index (χ2n) is 34.4. The van der Waals surface area contributed by atoms with E-state index in [4.69, 9.17) is 112 Å². The number of fused-ring (bicyclic) bond motifs is 5. The highest BCUT2D eigenvalue weighted by molar-refractivity contribution is 6.38. The van der Waals surface area contributed by atoms with Crippen molar-refractivity contribution in [3.05, 3.63) is 236 Å². The van der Waals surface area contributed by atoms with E-state index in [1.165, 1.54) is 0 Å². The van der Waals surface area contributed by atoms with Gasteiger partial charge in [-0.15, -0.1) is 0 Å². The zero-order valence-corrected chi connectivity index (χ0v) is 76.3. The molecule has 20 rings (SSSR count). The maximum atomic E-state index is 10.3. The van der Waals surface area contributed by atoms with E-state index < -0.39 is 28.0 Å². The molecular formula is C90H104Cl5N29O5. The Morgan fingerprint density at radius 1 is 0.349 bits per heavy atom. The molecule has 674 valence electrons. The summed E-state index contributed by atoms with van der Waals surface area (Å²) in [5.41, 5.74) is 46.5. The third-order valence-corrected chi connectivity index (χ3v) is 27.5. The van der Waals surface area contributed by atoms with E-state index in [0.717, 1.165) is 223 Å². The second kappa shape index (κ2) is 38.6. The first-order valence-corrected chi connectivity index (χ1v) is 45.0. The molecule has 0 bridgehead atoms. The molecule has 34 nitrogen and oxygen atoms in total. The monoisotopic (exact) mass is 1850 g/mol. The molecule has 0 aliphatic carbocycles. The van der Waals surface area contributed by atoms with Crippen LogP contribution in [-0.2, 0) is 32.7 Å². The van der Waals surface area contributed by atoms with Gasteiger partial charge in [0.1, 0.15) is 63.3 Å². The number of halogens is 5. The maximum absolute atomic E-state index is 10.3. The molecule has 5 fully saturated rings. The number of piperidine rings is 5. The Morgan fingerprint density at radius 2 is 0.643 bits per heavy atom. The summed E-state index contributed by atoms with van der Waals surface area (Å²) in [6, 6.07) is 13.3. The Hall–Kier alpha value is -10.4. The van der Waals surface area contributed by atoms with Gasteiger partial charge >= 0.3 is 0 Å². The van der Waals surface area contributed by atoms with E-state index >= 15 is 0 Å². The number of nitrogens with zero attached hydrogens (tertiary/aromatic N) is 24. The van der Waals surface area contributed by atoms with Crippen LogP contribution >= 0.6 is 58.0 Å². The standard InChI is InChI=1S/C19H22ClN5O.3C18H21ClN6O.C17H19ClN6O/c1-12-3-2-4-13(20)16(12)18-17-14(9-22-18)24-15(10-23-17)25-7-5-19(21,11-26)6-8-25;1-11-15(19)12(2-5-21-11)16-17-13(8-22-16)24-14(9-23-17)25-6-3-18(20,10-26)4-7-25;1-11-15(19)12(2-5-21-11)16-17-13(8-22-16)24-14(9-23-17)25-6-3-18(26,10-20)4-7-25;1-11-6-12(13(19)7-21-11)16-17-14(8-22-16)24-15(9-23-17)25-4-2-18(26,10-20)3-5-25;1-10-14(18)11(2-5-20-10)15-16-12(8-21-15)23-13(9-22-16)24-6-3-17(19,25)4-7-24/h2-4,10,26H,5-9,11,21H2,1H3;2*2,5,9,26H,3-4,6-8,10,20H2,1H3;6-7,9,26H,2-5,8,10,20H2,1H3;2,5,9,25H,3-4,6-8,19H2,1H3. The van der Waals surface area contributed by atoms with Crippen molar-refractivity contribution in [1.29, 1.82) is 0 Å². The molecule has 0 spiro atoms. The number of pyridine rings is 4. The van der Waals surface area contributed by atoms with E-state index in [2.05, 4.69) is 94.3 Å². The lowest BCUT2D eigenvalue weighted by molar-refractivity contribution is 0.0223. The van der Waals surface area contributed by atoms with Crippen molar-refractivity contribution in [2.75, 3.05) is 116 Å². The van der Waals surface area contributed by atoms with E-state index in [9.17, 15) is 25.5 Å². The van der Waals surface area contributed by atoms with Crippen LogP contribution in [0.25, 0.3) is 0 Å². The summed E-state index contributed by atoms with van der Waals surface area (Å²) in [5.74, 6) is 4.10. The van der Waals surface area contributed by atoms with Crippen molar-refractivity contribution in [1.82, 2.24) is 69.8 Å². The topological polar surface area (TPSA) is 490 Å². The van der Waals surface area contributed by atoms with Crippen LogP contribution < -0.4 is 53.2 Å². The molecule has 10 aliphatic rings. The third kappa shape index (κ3) is 20.0. The zero-order chi connectivity index (χ0) is 90.8. The lowest BCUT2D eigenvalue weighted by Gasteiger charge is -2.38. The van der Waals surface area contributed by atoms with Gasteiger partial charge in [0, 0.05) is 161 Å². The molecule has 9 aromatic heterocycles. The van der Waals surface area contributed by atoms with Crippen LogP contribution in [0.3, 0.4) is 0 Å². The van der Waals surface area contributed by atoms with Gasteiger partial charge in [-0.1, -0.05) is 70.1 Å². The fourth-order valence-corrected chi connectivity index (χ4v) is 18.1. The van der Waals surface area contributed by atoms with Crippen LogP contribution in [0.2, 0.25) is 25.1 Å². The molecule has 0 saturated carbocycles. The van der Waals surface area contributed by atoms with E-state index in [1.54, 1.807) is 55.8 Å². The number of aryl methyl sites for hydroxylation is 5. The summed E-state index contributed by atoms with van der Waals surface area (Å²) in [4.78, 5) is 97.5. The Morgan fingerprint density at radius 3 is 0.953 bits per heavy atom. The summed E-state index contributed by atoms with van der Waals surface area (Å²) in [6.45, 7) is 19.9. The zero-order valence-electron chi connectivity index (χ0n) is 72.5. The minimum atomic E-state index is -1.08. The van der Waals surface area contributed by atoms with Gasteiger partial charge < -0.3 is 78.7 Å². The fourth-order valence-electron chi connectivity index (χ4n) is 16.9. The number of anilines is 5. The first kappa shape index (κ1) is 91.9. The molecule has 0 radical (unpaired) electrons. The number of aliphatic imine (C=N–C) groups is 5. The molecule has 39 heteroatoms. The van der Waals surface area contributed by atoms with Crippen LogP contribution in [-0.4, -0.2) is 244 Å². The van der Waals surface area contributed by atoms with E-state index in [-0.39, 0.29) is 13.2 Å². The Balaban J connectivity index is 0.000000118. The highest BCUT2D eigenvalue weighted by Crippen LogP contribution is 2.38. The van der Waals surface area contributed by atoms with Crippen molar-refractivity contribution < 1.29 is 25.5 Å². The number of hydrogen-bond acceptors (Lipinski definition) is 34. The van der Waals surface area contributed by atoms with Crippen molar-refractivity contribution in [2.24, 2.45) is 53.6 Å². The molecule has 0 atom stereocenters. The van der Waals surface area contributed by atoms with Crippen LogP contribution in [0.15, 0.2) is 123 Å². The van der Waals surface area contributed by atoms with Gasteiger partial charge in [0.25, 0.3) is 0 Å². The number of benzene rings is 1. The molecule has 0 unspecified atom stereocenters. The van der Waals surface area contributed by atoms with Crippen molar-refractivity contribution >= 4 is 116 Å². The SMILES string of the molecule is Cc1cc(C2=NCc3nc(N4CCC(O)(CN)CC4)cnc32)c(Cl)cn1.Cc1cccc(Cl)c1C1=NCc2nc(N3CCC(N)(CO)CC3)cnc21.Cc1nccc(C2=NCc3nc(N4CCC(N)(CO)CC4)cnc32)c1Cl.Cc1nccc(C2=NCc3nc(N4CCC(N)(O)CC4)cnc32)c1Cl.Cc1nccc(C2=NCc3nc(N4CCC(O)(CN)CC4)cnc32)c1Cl. The quantitative estimate of drug-likeness (QED) is 0.0462. The van der Waals surface area contributed by atoms with E-state index in [1.807, 2.05) is 77.1 Å². The van der Waals surface area contributed by atoms with Gasteiger partial charge in [-0.2, -0.15) is 0 Å². The van der Waals surface area contributed by atoms with Crippen molar-refractivity contribution in [2.45, 2.75) is 160 Å². The van der Waals surface area contributed by atoms with Crippen LogP contribution in [0.1, 0.15) is 177 Å². The lowest BCUT2D eigenvalue weighted by Crippen LogP contribution is -2.53. The highest BCUT2D eigenvalue weighted by atomic mass is 35.5. The molecule has 10 aliphatic heterocycles. The molecular weight excluding hydrogens is 1740 g/mol. The van der Waals surface area contributed by atoms with Gasteiger partial charge in [-0.25, -0.2) is 49.8 Å². The van der Waals surface area contributed by atoms with Crippen LogP contribution in [0.5, 0.6) is 0 Å². The molecule has 10 aromatic rings. The molecule has 1 aromatic carbocycles. The van der Waals surface area contributed by atoms with Crippen LogP contribution in [0, 0.1) is 34.6 Å². The summed E-state index contributed by atoms with van der Waals surface area (Å²) in [6.07, 6.45) is 22.2. The third-order valence-electron chi connectivity index (χ3n) is 25.4. The van der Waals surface area contributed by atoms with Gasteiger partial charge in [-0.3, -0.25) is 44.9 Å². The summed E-state index contributed by atoms with van der Waals surface area (Å²) >= 11 is 31.9. The Labute approximate surface area is 772 Å². The van der Waals surface area contributed by atoms with Gasteiger partial charge in [0.2, 0.25) is 0 Å². The molecule has 129 heavy (non-hydrogen) atoms. The second-order valence-corrected chi connectivity index (χ2v) is 36.3. The number of aliphatic hydroxyl groups excluding tert-OH is 2. The summed E-state index contributed by atoms with van der Waals surface area (Å²) in [7, 11) is 0. The van der Waals surface area contributed by atoms with Crippen LogP contribution in [0.4, 0.5) is 29.1 Å². The van der Waals surface area contributed by atoms with Gasteiger partial charge in [0.15, 0.2) is 0 Å². The highest BCUT2D eigenvalue weighted by Gasteiger charge is 2.39. The predicted octanol–water partition coefficient (Wildman–Crippen LogP) is 7.93. The normalized spacial score (nSPS) is 18.7. The van der Waals surface area contributed by atoms with Gasteiger partial charge in [0.05, 0.1) is 187 Å². The Bertz CT molecular complexity index is 5740. The average Bonchev–Trinajstić information content (AvgIpc) is 1.65. The predicted molar refractivity (Wildman–Crippen MR) is 501 cm³/mol. The van der Waals surface area contributed by atoms with Gasteiger partial charge in [-0.05, 0) is 122 Å². The molecule has 15 N–H and O–H groups in total. The average molecular weight is 1850 g/mol. The maximum Gasteiger partial charge on any atom is 0.147 e. The molecule has 5 saturated heterocycles. The van der Waals surface area contributed by atoms with E-state index in [0.29, 0.717) is 149 Å². The fraction of sp³-hybridized carbons (Fsp3) is 0.433. The lowest BCUT2D eigenvalue weighted by atomic mass is 9.90. The summed E-state index contributed by atoms with van der Waals surface area (Å²) < 4.78 is 0. The van der Waals surface area contributed by atoms with Crippen molar-refractivity contribution in [3.8, 4) is 0 Å². The number of rotatable bonds is 14. The number of nitrogens with two attached hydrogens (primary N) is 5. The Kier molecular flexibility index (Phi) is 27.5. The first-order chi connectivity index (χ1) is 61.9. The minimum absolute atomic E-state index is 0.0139. The minimum Gasteiger partial charge on any atom is -0.394 e. The largest absolute Gasteiger partial charge is 0.394 e. The smallest absolute Gasteiger partial charge is 0.147 e. The number of hydrogen-bond donors (Lipinski definition) is 10. The van der Waals surface area contributed by atoms with Crippen molar-refractivity contribution in [3.63, 3.8) is 0 Å². The molecule has 0 amide bonds. The first-order valence-electron chi connectivity index (χ1n) is 43.1. The number of aliphatic hydroxyl groups is 5. The summed E-state index contributed by atoms with van der Waals surface area (Å²) in [5, 5.41) is 52.3.